The summed E-state index contributed by atoms with van der Waals surface area (Å²) in [7, 11) is 0. The summed E-state index contributed by atoms with van der Waals surface area (Å²) in [6.45, 7) is 1.83. The first-order chi connectivity index (χ1) is 12.5. The number of nitrogens with zero attached hydrogens (tertiary/aromatic N) is 1. The van der Waals surface area contributed by atoms with Crippen LogP contribution in [0.15, 0.2) is 36.4 Å². The number of carbonyl (C=O) groups is 2. The average molecular weight is 349 g/mol. The van der Waals surface area contributed by atoms with Gasteiger partial charge in [-0.2, -0.15) is 5.26 Å². The zero-order valence-electron chi connectivity index (χ0n) is 14.1. The van der Waals surface area contributed by atoms with Crippen LogP contribution in [0, 0.1) is 24.1 Å². The maximum atomic E-state index is 13.9. The van der Waals surface area contributed by atoms with E-state index in [0.29, 0.717) is 23.2 Å². The number of nitriles is 1. The van der Waals surface area contributed by atoms with Crippen molar-refractivity contribution in [3.05, 3.63) is 64.5 Å². The maximum absolute atomic E-state index is 13.9. The van der Waals surface area contributed by atoms with Gasteiger partial charge in [0.25, 0.3) is 0 Å². The van der Waals surface area contributed by atoms with Crippen molar-refractivity contribution in [3.8, 4) is 6.07 Å². The molecule has 2 heterocycles. The molecule has 5 nitrogen and oxygen atoms in total. The SMILES string of the molecule is Cc1ccc(F)cc1[C@H]1NC(=O)CC[C@]12C(=O)Nc1cc(C#N)ccc12. The molecule has 26 heavy (non-hydrogen) atoms. The molecule has 0 aromatic heterocycles. The van der Waals surface area contributed by atoms with E-state index in [9.17, 15) is 14.0 Å². The van der Waals surface area contributed by atoms with Crippen LogP contribution in [0.5, 0.6) is 0 Å². The summed E-state index contributed by atoms with van der Waals surface area (Å²) in [4.78, 5) is 25.2. The summed E-state index contributed by atoms with van der Waals surface area (Å²) >= 11 is 0. The Kier molecular flexibility index (Phi) is 3.55. The first kappa shape index (κ1) is 16.3. The Morgan fingerprint density at radius 1 is 1.23 bits per heavy atom. The van der Waals surface area contributed by atoms with Gasteiger partial charge in [0.1, 0.15) is 11.2 Å². The van der Waals surface area contributed by atoms with Crippen LogP contribution in [0.25, 0.3) is 0 Å². The predicted molar refractivity (Wildman–Crippen MR) is 92.7 cm³/mol. The normalized spacial score (nSPS) is 24.0. The fourth-order valence-electron chi connectivity index (χ4n) is 4.07. The van der Waals surface area contributed by atoms with Crippen molar-refractivity contribution in [2.45, 2.75) is 31.2 Å². The molecule has 1 fully saturated rings. The lowest BCUT2D eigenvalue weighted by Crippen LogP contribution is -2.52. The number of fused-ring (bicyclic) bond motifs is 2. The highest BCUT2D eigenvalue weighted by Gasteiger charge is 2.55. The minimum absolute atomic E-state index is 0.167. The van der Waals surface area contributed by atoms with E-state index in [1.165, 1.54) is 12.1 Å². The summed E-state index contributed by atoms with van der Waals surface area (Å²) in [5.41, 5.74) is 2.12. The lowest BCUT2D eigenvalue weighted by atomic mass is 9.67. The Morgan fingerprint density at radius 2 is 2.04 bits per heavy atom. The van der Waals surface area contributed by atoms with Crippen molar-refractivity contribution in [3.63, 3.8) is 0 Å². The van der Waals surface area contributed by atoms with E-state index in [1.54, 1.807) is 24.3 Å². The molecular weight excluding hydrogens is 333 g/mol. The van der Waals surface area contributed by atoms with Crippen LogP contribution in [0.2, 0.25) is 0 Å². The molecule has 2 aliphatic heterocycles. The van der Waals surface area contributed by atoms with Gasteiger partial charge < -0.3 is 10.6 Å². The molecule has 0 bridgehead atoms. The Bertz CT molecular complexity index is 995. The quantitative estimate of drug-likeness (QED) is 0.830. The molecule has 0 saturated carbocycles. The van der Waals surface area contributed by atoms with Crippen LogP contribution >= 0.6 is 0 Å². The van der Waals surface area contributed by atoms with Crippen LogP contribution < -0.4 is 10.6 Å². The fourth-order valence-corrected chi connectivity index (χ4v) is 4.07. The van der Waals surface area contributed by atoms with Gasteiger partial charge in [-0.05, 0) is 54.3 Å². The lowest BCUT2D eigenvalue weighted by molar-refractivity contribution is -0.130. The number of hydrogen-bond acceptors (Lipinski definition) is 3. The largest absolute Gasteiger partial charge is 0.348 e. The molecule has 2 aromatic carbocycles. The van der Waals surface area contributed by atoms with Crippen LogP contribution in [-0.4, -0.2) is 11.8 Å². The van der Waals surface area contributed by atoms with E-state index < -0.39 is 17.3 Å². The first-order valence-corrected chi connectivity index (χ1v) is 8.37. The molecule has 1 spiro atoms. The standard InChI is InChI=1S/C20H16FN3O2/c1-11-2-4-13(21)9-14(11)18-20(7-6-17(25)24-18)15-5-3-12(10-22)8-16(15)23-19(20)26/h2-5,8-9,18H,6-7H2,1H3,(H,23,26)(H,24,25)/t18-,20-/m1/s1. The molecule has 0 radical (unpaired) electrons. The third kappa shape index (κ3) is 2.21. The van der Waals surface area contributed by atoms with Crippen molar-refractivity contribution in [1.29, 1.82) is 5.26 Å². The maximum Gasteiger partial charge on any atom is 0.237 e. The lowest BCUT2D eigenvalue weighted by Gasteiger charge is -2.41. The predicted octanol–water partition coefficient (Wildman–Crippen LogP) is 2.85. The van der Waals surface area contributed by atoms with Gasteiger partial charge in [-0.25, -0.2) is 4.39 Å². The van der Waals surface area contributed by atoms with Crippen LogP contribution in [0.1, 0.15) is 41.1 Å². The second-order valence-corrected chi connectivity index (χ2v) is 6.80. The highest BCUT2D eigenvalue weighted by Crippen LogP contribution is 2.51. The molecule has 2 atom stereocenters. The number of nitrogens with one attached hydrogen (secondary N) is 2. The summed E-state index contributed by atoms with van der Waals surface area (Å²) in [6.07, 6.45) is 0.530. The number of carbonyl (C=O) groups excluding carboxylic acids is 2. The van der Waals surface area contributed by atoms with Gasteiger partial charge in [0.2, 0.25) is 11.8 Å². The van der Waals surface area contributed by atoms with Crippen LogP contribution in [0.3, 0.4) is 0 Å². The summed E-state index contributed by atoms with van der Waals surface area (Å²) in [6, 6.07) is 10.8. The molecule has 2 amide bonds. The van der Waals surface area contributed by atoms with Gasteiger partial charge in [0.05, 0.1) is 17.7 Å². The minimum atomic E-state index is -1.02. The number of hydrogen-bond donors (Lipinski definition) is 2. The number of anilines is 1. The molecule has 2 N–H and O–H groups in total. The molecule has 2 aromatic rings. The second-order valence-electron chi connectivity index (χ2n) is 6.80. The zero-order chi connectivity index (χ0) is 18.5. The number of amides is 2. The monoisotopic (exact) mass is 349 g/mol. The van der Waals surface area contributed by atoms with Gasteiger partial charge in [-0.15, -0.1) is 0 Å². The molecular formula is C20H16FN3O2. The van der Waals surface area contributed by atoms with E-state index in [0.717, 1.165) is 11.1 Å². The van der Waals surface area contributed by atoms with Gasteiger partial charge in [0, 0.05) is 12.1 Å². The highest BCUT2D eigenvalue weighted by molar-refractivity contribution is 6.08. The molecule has 2 aliphatic rings. The Hall–Kier alpha value is -3.20. The third-order valence-corrected chi connectivity index (χ3v) is 5.38. The topological polar surface area (TPSA) is 82.0 Å². The van der Waals surface area contributed by atoms with Crippen molar-refractivity contribution < 1.29 is 14.0 Å². The molecule has 0 unspecified atom stereocenters. The third-order valence-electron chi connectivity index (χ3n) is 5.38. The van der Waals surface area contributed by atoms with Gasteiger partial charge >= 0.3 is 0 Å². The van der Waals surface area contributed by atoms with Crippen molar-refractivity contribution in [1.82, 2.24) is 5.32 Å². The first-order valence-electron chi connectivity index (χ1n) is 8.37. The van der Waals surface area contributed by atoms with E-state index >= 15 is 0 Å². The Morgan fingerprint density at radius 3 is 2.81 bits per heavy atom. The number of aryl methyl sites for hydroxylation is 1. The molecule has 0 aliphatic carbocycles. The number of rotatable bonds is 1. The molecule has 130 valence electrons. The smallest absolute Gasteiger partial charge is 0.237 e. The average Bonchev–Trinajstić information content (AvgIpc) is 2.90. The van der Waals surface area contributed by atoms with Gasteiger partial charge in [-0.3, -0.25) is 9.59 Å². The molecule has 6 heteroatoms. The second kappa shape index (κ2) is 5.67. The van der Waals surface area contributed by atoms with Crippen molar-refractivity contribution >= 4 is 17.5 Å². The van der Waals surface area contributed by atoms with Gasteiger partial charge in [0.15, 0.2) is 0 Å². The summed E-state index contributed by atoms with van der Waals surface area (Å²) < 4.78 is 13.9. The molecule has 4 rings (SSSR count). The van der Waals surface area contributed by atoms with Crippen molar-refractivity contribution in [2.75, 3.05) is 5.32 Å². The number of halogens is 1. The van der Waals surface area contributed by atoms with Gasteiger partial charge in [-0.1, -0.05) is 12.1 Å². The number of piperidine rings is 1. The zero-order valence-corrected chi connectivity index (χ0v) is 14.1. The summed E-state index contributed by atoms with van der Waals surface area (Å²) in [5, 5.41) is 14.9. The van der Waals surface area contributed by atoms with E-state index in [2.05, 4.69) is 16.7 Å². The Labute approximate surface area is 149 Å². The van der Waals surface area contributed by atoms with E-state index in [4.69, 9.17) is 5.26 Å². The van der Waals surface area contributed by atoms with Crippen LogP contribution in [-0.2, 0) is 15.0 Å². The number of benzene rings is 2. The van der Waals surface area contributed by atoms with Crippen LogP contribution in [0.4, 0.5) is 10.1 Å². The molecule has 1 saturated heterocycles. The minimum Gasteiger partial charge on any atom is -0.348 e. The van der Waals surface area contributed by atoms with E-state index in [1.807, 2.05) is 6.92 Å². The van der Waals surface area contributed by atoms with E-state index in [-0.39, 0.29) is 18.2 Å². The fraction of sp³-hybridized carbons (Fsp3) is 0.250. The van der Waals surface area contributed by atoms with Crippen molar-refractivity contribution in [2.24, 2.45) is 0 Å². The highest BCUT2D eigenvalue weighted by atomic mass is 19.1. The summed E-state index contributed by atoms with van der Waals surface area (Å²) in [5.74, 6) is -0.825. The Balaban J connectivity index is 1.94.